The van der Waals surface area contributed by atoms with E-state index in [0.717, 1.165) is 19.5 Å². The van der Waals surface area contributed by atoms with E-state index in [2.05, 4.69) is 16.9 Å². The number of aromatic carboxylic acids is 1. The molecule has 0 amide bonds. The van der Waals surface area contributed by atoms with E-state index in [-0.39, 0.29) is 11.4 Å². The monoisotopic (exact) mass is 236 g/mol. The lowest BCUT2D eigenvalue weighted by molar-refractivity contribution is 0.0690. The van der Waals surface area contributed by atoms with E-state index in [4.69, 9.17) is 9.84 Å². The topological polar surface area (TPSA) is 62.7 Å². The molecule has 1 aliphatic rings. The van der Waals surface area contributed by atoms with Gasteiger partial charge in [0.1, 0.15) is 5.56 Å². The number of carboxylic acids is 1. The van der Waals surface area contributed by atoms with Crippen LogP contribution in [0.25, 0.3) is 0 Å². The Bertz CT molecular complexity index is 408. The van der Waals surface area contributed by atoms with E-state index in [9.17, 15) is 4.79 Å². The minimum atomic E-state index is -1.00. The molecule has 5 heteroatoms. The molecule has 92 valence electrons. The predicted octanol–water partition coefficient (Wildman–Crippen LogP) is 1.11. The Kier molecular flexibility index (Phi) is 3.58. The molecule has 0 spiro atoms. The molecule has 1 aromatic rings. The lowest BCUT2D eigenvalue weighted by Crippen LogP contribution is -2.18. The molecule has 1 aliphatic heterocycles. The smallest absolute Gasteiger partial charge is 0.341 e. The van der Waals surface area contributed by atoms with Crippen molar-refractivity contribution < 1.29 is 14.6 Å². The van der Waals surface area contributed by atoms with Crippen molar-refractivity contribution >= 4 is 5.97 Å². The second-order valence-electron chi connectivity index (χ2n) is 4.39. The minimum Gasteiger partial charge on any atom is -0.477 e. The first-order chi connectivity index (χ1) is 8.16. The Balaban J connectivity index is 1.97. The summed E-state index contributed by atoms with van der Waals surface area (Å²) in [6, 6.07) is 3.10. The van der Waals surface area contributed by atoms with Gasteiger partial charge in [0.15, 0.2) is 0 Å². The molecule has 1 unspecified atom stereocenters. The van der Waals surface area contributed by atoms with E-state index >= 15 is 0 Å². The third-order valence-electron chi connectivity index (χ3n) is 2.95. The molecule has 1 atom stereocenters. The van der Waals surface area contributed by atoms with Gasteiger partial charge in [-0.2, -0.15) is 0 Å². The highest BCUT2D eigenvalue weighted by Crippen LogP contribution is 2.18. The molecule has 0 aromatic carbocycles. The number of carbonyl (C=O) groups is 1. The van der Waals surface area contributed by atoms with Gasteiger partial charge in [0.2, 0.25) is 5.88 Å². The summed E-state index contributed by atoms with van der Waals surface area (Å²) >= 11 is 0. The molecule has 5 nitrogen and oxygen atoms in total. The zero-order chi connectivity index (χ0) is 12.3. The highest BCUT2D eigenvalue weighted by atomic mass is 16.5. The summed E-state index contributed by atoms with van der Waals surface area (Å²) in [6.07, 6.45) is 2.63. The standard InChI is InChI=1S/C12H16N2O3/c1-14-6-4-9(7-14)8-17-11-10(12(15)16)3-2-5-13-11/h2-3,5,9H,4,6-8H2,1H3,(H,15,16). The first kappa shape index (κ1) is 11.9. The van der Waals surface area contributed by atoms with Gasteiger partial charge in [-0.1, -0.05) is 0 Å². The van der Waals surface area contributed by atoms with Crippen molar-refractivity contribution in [1.82, 2.24) is 9.88 Å². The van der Waals surface area contributed by atoms with Crippen LogP contribution in [0.4, 0.5) is 0 Å². The van der Waals surface area contributed by atoms with Crippen molar-refractivity contribution in [1.29, 1.82) is 0 Å². The van der Waals surface area contributed by atoms with Gasteiger partial charge >= 0.3 is 5.97 Å². The van der Waals surface area contributed by atoms with Crippen LogP contribution in [0, 0.1) is 5.92 Å². The van der Waals surface area contributed by atoms with Crippen molar-refractivity contribution in [3.63, 3.8) is 0 Å². The largest absolute Gasteiger partial charge is 0.477 e. The highest BCUT2D eigenvalue weighted by molar-refractivity contribution is 5.90. The minimum absolute atomic E-state index is 0.124. The van der Waals surface area contributed by atoms with Crippen LogP contribution in [0.15, 0.2) is 18.3 Å². The third-order valence-corrected chi connectivity index (χ3v) is 2.95. The lowest BCUT2D eigenvalue weighted by atomic mass is 10.1. The summed E-state index contributed by atoms with van der Waals surface area (Å²) in [5.74, 6) is -0.324. The third kappa shape index (κ3) is 2.94. The molecule has 17 heavy (non-hydrogen) atoms. The van der Waals surface area contributed by atoms with Crippen molar-refractivity contribution in [2.24, 2.45) is 5.92 Å². The zero-order valence-electron chi connectivity index (χ0n) is 9.80. The van der Waals surface area contributed by atoms with Crippen LogP contribution in [0.5, 0.6) is 5.88 Å². The molecular weight excluding hydrogens is 220 g/mol. The number of pyridine rings is 1. The Morgan fingerprint density at radius 1 is 1.71 bits per heavy atom. The van der Waals surface area contributed by atoms with E-state index in [0.29, 0.717) is 12.5 Å². The van der Waals surface area contributed by atoms with Crippen molar-refractivity contribution in [3.8, 4) is 5.88 Å². The summed E-state index contributed by atoms with van der Waals surface area (Å²) in [6.45, 7) is 2.60. The Morgan fingerprint density at radius 2 is 2.53 bits per heavy atom. The van der Waals surface area contributed by atoms with Crippen LogP contribution in [-0.4, -0.2) is 47.7 Å². The van der Waals surface area contributed by atoms with Crippen LogP contribution >= 0.6 is 0 Å². The summed E-state index contributed by atoms with van der Waals surface area (Å²) in [7, 11) is 2.07. The maximum Gasteiger partial charge on any atom is 0.341 e. The first-order valence-electron chi connectivity index (χ1n) is 5.66. The van der Waals surface area contributed by atoms with Gasteiger partial charge in [-0.05, 0) is 32.1 Å². The SMILES string of the molecule is CN1CCC(COc2ncccc2C(=O)O)C1. The average molecular weight is 236 g/mol. The van der Waals surface area contributed by atoms with Crippen molar-refractivity contribution in [3.05, 3.63) is 23.9 Å². The fourth-order valence-electron chi connectivity index (χ4n) is 2.03. The number of carboxylic acid groups (broad SMARTS) is 1. The Hall–Kier alpha value is -1.62. The molecule has 2 rings (SSSR count). The van der Waals surface area contributed by atoms with E-state index < -0.39 is 5.97 Å². The maximum atomic E-state index is 10.9. The molecular formula is C12H16N2O3. The average Bonchev–Trinajstić information content (AvgIpc) is 2.73. The van der Waals surface area contributed by atoms with Crippen LogP contribution in [0.2, 0.25) is 0 Å². The molecule has 1 saturated heterocycles. The van der Waals surface area contributed by atoms with Gasteiger partial charge in [0.25, 0.3) is 0 Å². The van der Waals surface area contributed by atoms with Gasteiger partial charge in [0, 0.05) is 18.7 Å². The first-order valence-corrected chi connectivity index (χ1v) is 5.66. The van der Waals surface area contributed by atoms with Gasteiger partial charge in [-0.3, -0.25) is 0 Å². The van der Waals surface area contributed by atoms with Crippen molar-refractivity contribution in [2.45, 2.75) is 6.42 Å². The molecule has 2 heterocycles. The lowest BCUT2D eigenvalue weighted by Gasteiger charge is -2.12. The van der Waals surface area contributed by atoms with Gasteiger partial charge in [-0.25, -0.2) is 9.78 Å². The zero-order valence-corrected chi connectivity index (χ0v) is 9.80. The molecule has 1 fully saturated rings. The second kappa shape index (κ2) is 5.14. The molecule has 0 saturated carbocycles. The second-order valence-corrected chi connectivity index (χ2v) is 4.39. The predicted molar refractivity (Wildman–Crippen MR) is 62.3 cm³/mol. The molecule has 0 aliphatic carbocycles. The van der Waals surface area contributed by atoms with Gasteiger partial charge in [0.05, 0.1) is 6.61 Å². The fourth-order valence-corrected chi connectivity index (χ4v) is 2.03. The van der Waals surface area contributed by atoms with Crippen LogP contribution < -0.4 is 4.74 Å². The molecule has 1 aromatic heterocycles. The summed E-state index contributed by atoms with van der Waals surface area (Å²) < 4.78 is 5.51. The van der Waals surface area contributed by atoms with E-state index in [1.165, 1.54) is 6.07 Å². The number of likely N-dealkylation sites (tertiary alicyclic amines) is 1. The van der Waals surface area contributed by atoms with Crippen molar-refractivity contribution in [2.75, 3.05) is 26.7 Å². The Labute approximate surface area is 100 Å². The maximum absolute atomic E-state index is 10.9. The molecule has 0 radical (unpaired) electrons. The number of nitrogens with zero attached hydrogens (tertiary/aromatic N) is 2. The van der Waals surface area contributed by atoms with E-state index in [1.807, 2.05) is 0 Å². The van der Waals surface area contributed by atoms with E-state index in [1.54, 1.807) is 12.3 Å². The number of hydrogen-bond donors (Lipinski definition) is 1. The Morgan fingerprint density at radius 3 is 3.18 bits per heavy atom. The fraction of sp³-hybridized carbons (Fsp3) is 0.500. The molecule has 1 N–H and O–H groups in total. The number of aromatic nitrogens is 1. The number of ether oxygens (including phenoxy) is 1. The van der Waals surface area contributed by atoms with Gasteiger partial charge in [-0.15, -0.1) is 0 Å². The summed E-state index contributed by atoms with van der Waals surface area (Å²) in [5.41, 5.74) is 0.124. The number of hydrogen-bond acceptors (Lipinski definition) is 4. The molecule has 0 bridgehead atoms. The van der Waals surface area contributed by atoms with Crippen LogP contribution in [0.3, 0.4) is 0 Å². The quantitative estimate of drug-likeness (QED) is 0.848. The van der Waals surface area contributed by atoms with Gasteiger partial charge < -0.3 is 14.7 Å². The van der Waals surface area contributed by atoms with Crippen LogP contribution in [0.1, 0.15) is 16.8 Å². The summed E-state index contributed by atoms with van der Waals surface area (Å²) in [5, 5.41) is 8.97. The number of rotatable bonds is 4. The summed E-state index contributed by atoms with van der Waals surface area (Å²) in [4.78, 5) is 17.1. The normalized spacial score (nSPS) is 20.4. The highest BCUT2D eigenvalue weighted by Gasteiger charge is 2.21. The van der Waals surface area contributed by atoms with Crippen LogP contribution in [-0.2, 0) is 0 Å².